The molecule has 1 saturated carbocycles. The number of likely N-dealkylation sites (N-methyl/N-ethyl adjacent to an activating group) is 1. The highest BCUT2D eigenvalue weighted by Gasteiger charge is 2.39. The van der Waals surface area contributed by atoms with Crippen molar-refractivity contribution in [1.82, 2.24) is 9.80 Å². The van der Waals surface area contributed by atoms with E-state index in [1.54, 1.807) is 0 Å². The van der Waals surface area contributed by atoms with Gasteiger partial charge in [0.15, 0.2) is 0 Å². The van der Waals surface area contributed by atoms with Crippen molar-refractivity contribution in [2.75, 3.05) is 26.7 Å². The van der Waals surface area contributed by atoms with Crippen molar-refractivity contribution in [3.63, 3.8) is 0 Å². The number of piperazine rings is 1. The van der Waals surface area contributed by atoms with E-state index in [1.807, 2.05) is 0 Å². The first kappa shape index (κ1) is 14.3. The third-order valence-electron chi connectivity index (χ3n) is 5.52. The van der Waals surface area contributed by atoms with E-state index in [2.05, 4.69) is 37.6 Å². The van der Waals surface area contributed by atoms with Crippen LogP contribution in [0.2, 0.25) is 0 Å². The summed E-state index contributed by atoms with van der Waals surface area (Å²) < 4.78 is 0. The smallest absolute Gasteiger partial charge is 0.0307 e. The molecule has 2 N–H and O–H groups in total. The molecule has 1 aliphatic carbocycles. The van der Waals surface area contributed by atoms with Gasteiger partial charge in [-0.3, -0.25) is 9.80 Å². The maximum Gasteiger partial charge on any atom is 0.0307 e. The molecule has 18 heavy (non-hydrogen) atoms. The van der Waals surface area contributed by atoms with Gasteiger partial charge in [0.05, 0.1) is 0 Å². The van der Waals surface area contributed by atoms with Gasteiger partial charge in [0.2, 0.25) is 0 Å². The summed E-state index contributed by atoms with van der Waals surface area (Å²) in [6.45, 7) is 10.2. The fourth-order valence-electron chi connectivity index (χ4n) is 3.51. The Morgan fingerprint density at radius 2 is 1.72 bits per heavy atom. The topological polar surface area (TPSA) is 32.5 Å². The molecule has 3 atom stereocenters. The van der Waals surface area contributed by atoms with Gasteiger partial charge in [0.25, 0.3) is 0 Å². The van der Waals surface area contributed by atoms with Gasteiger partial charge in [-0.05, 0) is 40.2 Å². The largest absolute Gasteiger partial charge is 0.329 e. The molecule has 106 valence electrons. The second kappa shape index (κ2) is 5.48. The second-order valence-corrected chi connectivity index (χ2v) is 6.97. The van der Waals surface area contributed by atoms with Crippen molar-refractivity contribution in [3.8, 4) is 0 Å². The summed E-state index contributed by atoms with van der Waals surface area (Å²) in [4.78, 5) is 5.16. The highest BCUT2D eigenvalue weighted by Crippen LogP contribution is 2.36. The van der Waals surface area contributed by atoms with Gasteiger partial charge in [0.1, 0.15) is 0 Å². The van der Waals surface area contributed by atoms with Crippen molar-refractivity contribution in [2.45, 2.75) is 64.1 Å². The third-order valence-corrected chi connectivity index (χ3v) is 5.52. The molecule has 0 amide bonds. The van der Waals surface area contributed by atoms with Gasteiger partial charge >= 0.3 is 0 Å². The molecule has 0 radical (unpaired) electrons. The first-order valence-corrected chi connectivity index (χ1v) is 7.63. The van der Waals surface area contributed by atoms with Crippen molar-refractivity contribution >= 4 is 0 Å². The molecule has 1 aliphatic heterocycles. The zero-order chi connectivity index (χ0) is 13.3. The van der Waals surface area contributed by atoms with Crippen LogP contribution in [0.15, 0.2) is 0 Å². The zero-order valence-corrected chi connectivity index (χ0v) is 12.7. The molecule has 0 bridgehead atoms. The zero-order valence-electron chi connectivity index (χ0n) is 12.7. The Morgan fingerprint density at radius 1 is 1.17 bits per heavy atom. The van der Waals surface area contributed by atoms with Gasteiger partial charge in [-0.15, -0.1) is 0 Å². The molecule has 0 aromatic rings. The minimum Gasteiger partial charge on any atom is -0.329 e. The molecule has 2 rings (SSSR count). The van der Waals surface area contributed by atoms with Crippen molar-refractivity contribution in [1.29, 1.82) is 0 Å². The van der Waals surface area contributed by atoms with Crippen molar-refractivity contribution in [3.05, 3.63) is 0 Å². The first-order chi connectivity index (χ1) is 8.46. The van der Waals surface area contributed by atoms with Gasteiger partial charge < -0.3 is 5.73 Å². The van der Waals surface area contributed by atoms with Crippen LogP contribution in [0.4, 0.5) is 0 Å². The van der Waals surface area contributed by atoms with Crippen LogP contribution in [0.1, 0.15) is 46.5 Å². The Hall–Kier alpha value is -0.120. The molecule has 3 unspecified atom stereocenters. The van der Waals surface area contributed by atoms with Crippen LogP contribution in [0.25, 0.3) is 0 Å². The average molecular weight is 253 g/mol. The fourth-order valence-corrected chi connectivity index (χ4v) is 3.51. The molecule has 2 fully saturated rings. The lowest BCUT2D eigenvalue weighted by Gasteiger charge is -2.51. The summed E-state index contributed by atoms with van der Waals surface area (Å²) in [5, 5.41) is 0. The second-order valence-electron chi connectivity index (χ2n) is 6.97. The average Bonchev–Trinajstić information content (AvgIpc) is 2.30. The maximum atomic E-state index is 6.14. The normalized spacial score (nSPS) is 35.2. The monoisotopic (exact) mass is 253 g/mol. The number of nitrogens with two attached hydrogens (primary N) is 1. The maximum absolute atomic E-state index is 6.14. The molecule has 0 aromatic heterocycles. The number of nitrogens with zero attached hydrogens (tertiary/aromatic N) is 2. The standard InChI is InChI=1S/C15H31N3/c1-12-9-18(10-13(2)17(12)4)15(3,11-16)8-14-6-5-7-14/h12-14H,5-11,16H2,1-4H3. The minimum atomic E-state index is 0.217. The van der Waals surface area contributed by atoms with E-state index in [0.29, 0.717) is 12.1 Å². The number of hydrogen-bond acceptors (Lipinski definition) is 3. The third kappa shape index (κ3) is 2.73. The SMILES string of the molecule is CC1CN(C(C)(CN)CC2CCC2)CC(C)N1C. The Bertz CT molecular complexity index is 265. The summed E-state index contributed by atoms with van der Waals surface area (Å²) in [5.74, 6) is 0.934. The van der Waals surface area contributed by atoms with Crippen molar-refractivity contribution < 1.29 is 0 Å². The summed E-state index contributed by atoms with van der Waals surface area (Å²) >= 11 is 0. The Balaban J connectivity index is 2.01. The summed E-state index contributed by atoms with van der Waals surface area (Å²) in [7, 11) is 2.25. The molecule has 1 heterocycles. The summed E-state index contributed by atoms with van der Waals surface area (Å²) in [6, 6.07) is 1.28. The van der Waals surface area contributed by atoms with E-state index in [1.165, 1.54) is 38.8 Å². The van der Waals surface area contributed by atoms with E-state index in [-0.39, 0.29) is 5.54 Å². The predicted molar refractivity (Wildman–Crippen MR) is 77.7 cm³/mol. The molecule has 0 aromatic carbocycles. The molecular formula is C15H31N3. The Labute approximate surface area is 113 Å². The van der Waals surface area contributed by atoms with E-state index < -0.39 is 0 Å². The molecule has 2 aliphatic rings. The van der Waals surface area contributed by atoms with Crippen LogP contribution < -0.4 is 5.73 Å². The highest BCUT2D eigenvalue weighted by atomic mass is 15.3. The Morgan fingerprint density at radius 3 is 2.11 bits per heavy atom. The van der Waals surface area contributed by atoms with E-state index in [9.17, 15) is 0 Å². The van der Waals surface area contributed by atoms with Gasteiger partial charge in [-0.25, -0.2) is 0 Å². The summed E-state index contributed by atoms with van der Waals surface area (Å²) in [5.41, 5.74) is 6.35. The summed E-state index contributed by atoms with van der Waals surface area (Å²) in [6.07, 6.45) is 5.58. The lowest BCUT2D eigenvalue weighted by Crippen LogP contribution is -2.63. The number of rotatable bonds is 4. The predicted octanol–water partition coefficient (Wildman–Crippen LogP) is 1.92. The quantitative estimate of drug-likeness (QED) is 0.831. The van der Waals surface area contributed by atoms with E-state index in [4.69, 9.17) is 5.73 Å². The first-order valence-electron chi connectivity index (χ1n) is 7.63. The van der Waals surface area contributed by atoms with Gasteiger partial charge in [0, 0.05) is 37.3 Å². The molecular weight excluding hydrogens is 222 g/mol. The van der Waals surface area contributed by atoms with E-state index >= 15 is 0 Å². The van der Waals surface area contributed by atoms with Gasteiger partial charge in [-0.1, -0.05) is 19.3 Å². The molecule has 3 heteroatoms. The molecule has 0 spiro atoms. The number of hydrogen-bond donors (Lipinski definition) is 1. The van der Waals surface area contributed by atoms with Crippen LogP contribution in [-0.4, -0.2) is 54.1 Å². The van der Waals surface area contributed by atoms with Gasteiger partial charge in [-0.2, -0.15) is 0 Å². The van der Waals surface area contributed by atoms with Crippen LogP contribution in [-0.2, 0) is 0 Å². The molecule has 1 saturated heterocycles. The van der Waals surface area contributed by atoms with E-state index in [0.717, 1.165) is 12.5 Å². The molecule has 3 nitrogen and oxygen atoms in total. The van der Waals surface area contributed by atoms with Crippen LogP contribution in [0.3, 0.4) is 0 Å². The van der Waals surface area contributed by atoms with Crippen LogP contribution in [0.5, 0.6) is 0 Å². The van der Waals surface area contributed by atoms with Crippen molar-refractivity contribution in [2.24, 2.45) is 11.7 Å². The lowest BCUT2D eigenvalue weighted by atomic mass is 9.75. The minimum absolute atomic E-state index is 0.217. The van der Waals surface area contributed by atoms with Crippen LogP contribution >= 0.6 is 0 Å². The lowest BCUT2D eigenvalue weighted by molar-refractivity contribution is -0.0172. The van der Waals surface area contributed by atoms with Crippen LogP contribution in [0, 0.1) is 5.92 Å². The highest BCUT2D eigenvalue weighted by molar-refractivity contribution is 4.96. The Kier molecular flexibility index (Phi) is 4.35. The fraction of sp³-hybridized carbons (Fsp3) is 1.00.